The molecular formula is C21H17Cl2N3O6. The van der Waals surface area contributed by atoms with Gasteiger partial charge in [-0.05, 0) is 43.3 Å². The van der Waals surface area contributed by atoms with Crippen LogP contribution in [0.4, 0.5) is 11.4 Å². The molecule has 2 aromatic carbocycles. The van der Waals surface area contributed by atoms with E-state index in [1.54, 1.807) is 24.3 Å². The van der Waals surface area contributed by atoms with Crippen LogP contribution in [0, 0.1) is 0 Å². The number of benzene rings is 2. The summed E-state index contributed by atoms with van der Waals surface area (Å²) in [6, 6.07) is 8.83. The highest BCUT2D eigenvalue weighted by Crippen LogP contribution is 2.31. The number of ether oxygens (including phenoxy) is 1. The summed E-state index contributed by atoms with van der Waals surface area (Å²) >= 11 is 11.8. The van der Waals surface area contributed by atoms with Crippen LogP contribution >= 0.6 is 23.2 Å². The van der Waals surface area contributed by atoms with Crippen LogP contribution in [-0.2, 0) is 19.1 Å². The predicted molar refractivity (Wildman–Crippen MR) is 117 cm³/mol. The highest BCUT2D eigenvalue weighted by molar-refractivity contribution is 6.43. The van der Waals surface area contributed by atoms with Crippen LogP contribution in [0.1, 0.15) is 34.6 Å². The molecule has 0 aliphatic carbocycles. The van der Waals surface area contributed by atoms with Gasteiger partial charge in [-0.25, -0.2) is 0 Å². The summed E-state index contributed by atoms with van der Waals surface area (Å²) in [6.07, 6.45) is -1.20. The Morgan fingerprint density at radius 2 is 1.41 bits per heavy atom. The molecule has 0 saturated heterocycles. The topological polar surface area (TPSA) is 122 Å². The van der Waals surface area contributed by atoms with Crippen LogP contribution in [0.2, 0.25) is 10.0 Å². The molecule has 1 heterocycles. The molecule has 0 fully saturated rings. The average Bonchev–Trinajstić information content (AvgIpc) is 2.93. The molecule has 2 N–H and O–H groups in total. The maximum Gasteiger partial charge on any atom is 0.326 e. The number of amides is 4. The number of esters is 1. The number of imide groups is 1. The van der Waals surface area contributed by atoms with Crippen molar-refractivity contribution in [2.45, 2.75) is 20.0 Å². The summed E-state index contributed by atoms with van der Waals surface area (Å²) in [4.78, 5) is 61.2. The smallest absolute Gasteiger partial charge is 0.326 e. The van der Waals surface area contributed by atoms with Gasteiger partial charge >= 0.3 is 5.97 Å². The number of hydrogen-bond acceptors (Lipinski definition) is 6. The summed E-state index contributed by atoms with van der Waals surface area (Å²) in [5.74, 6) is -3.22. The van der Waals surface area contributed by atoms with Crippen LogP contribution in [-0.4, -0.2) is 47.1 Å². The lowest BCUT2D eigenvalue weighted by molar-refractivity contribution is -0.153. The van der Waals surface area contributed by atoms with Gasteiger partial charge in [-0.15, -0.1) is 0 Å². The molecule has 32 heavy (non-hydrogen) atoms. The maximum absolute atomic E-state index is 12.5. The number of nitrogens with zero attached hydrogens (tertiary/aromatic N) is 1. The van der Waals surface area contributed by atoms with E-state index in [9.17, 15) is 24.0 Å². The maximum atomic E-state index is 12.5. The van der Waals surface area contributed by atoms with E-state index in [0.717, 1.165) is 0 Å². The molecule has 1 aliphatic heterocycles. The number of anilines is 2. The normalized spacial score (nSPS) is 13.4. The third kappa shape index (κ3) is 5.06. The molecule has 3 rings (SSSR count). The van der Waals surface area contributed by atoms with E-state index in [1.807, 2.05) is 0 Å². The molecular weight excluding hydrogens is 461 g/mol. The number of halogens is 2. The van der Waals surface area contributed by atoms with Crippen LogP contribution < -0.4 is 10.6 Å². The van der Waals surface area contributed by atoms with E-state index >= 15 is 0 Å². The van der Waals surface area contributed by atoms with Crippen molar-refractivity contribution in [3.8, 4) is 0 Å². The number of nitrogens with one attached hydrogen (secondary N) is 2. The van der Waals surface area contributed by atoms with Gasteiger partial charge in [0.1, 0.15) is 6.54 Å². The molecule has 1 unspecified atom stereocenters. The standard InChI is InChI=1S/C21H17Cl2N3O6/c1-10(19(29)25-13-5-3-12(4-6-13)24-11(2)27)32-18(28)9-26-20(30)14-7-16(22)17(23)8-15(14)21(26)31/h3-8,10H,9H2,1-2H3,(H,24,27)(H,25,29). The van der Waals surface area contributed by atoms with Crippen LogP contribution in [0.15, 0.2) is 36.4 Å². The summed E-state index contributed by atoms with van der Waals surface area (Å²) in [6.45, 7) is 2.05. The van der Waals surface area contributed by atoms with Crippen molar-refractivity contribution in [2.75, 3.05) is 17.2 Å². The minimum Gasteiger partial charge on any atom is -0.451 e. The van der Waals surface area contributed by atoms with Crippen molar-refractivity contribution in [1.82, 2.24) is 4.90 Å². The second-order valence-electron chi connectivity index (χ2n) is 6.89. The first kappa shape index (κ1) is 23.2. The van der Waals surface area contributed by atoms with Gasteiger partial charge in [-0.1, -0.05) is 23.2 Å². The third-order valence-corrected chi connectivity index (χ3v) is 5.17. The van der Waals surface area contributed by atoms with Gasteiger partial charge in [0.15, 0.2) is 6.10 Å². The Balaban J connectivity index is 1.57. The zero-order valence-electron chi connectivity index (χ0n) is 16.9. The van der Waals surface area contributed by atoms with Crippen LogP contribution in [0.25, 0.3) is 0 Å². The Bertz CT molecular complexity index is 1090. The van der Waals surface area contributed by atoms with Crippen molar-refractivity contribution >= 4 is 64.2 Å². The lowest BCUT2D eigenvalue weighted by Crippen LogP contribution is -2.38. The summed E-state index contributed by atoms with van der Waals surface area (Å²) in [7, 11) is 0. The second kappa shape index (κ2) is 9.37. The molecule has 1 aliphatic rings. The molecule has 4 amide bonds. The number of rotatable bonds is 6. The molecule has 0 bridgehead atoms. The van der Waals surface area contributed by atoms with Gasteiger partial charge in [0.2, 0.25) is 5.91 Å². The zero-order chi connectivity index (χ0) is 23.6. The van der Waals surface area contributed by atoms with E-state index in [1.165, 1.54) is 26.0 Å². The first-order valence-corrected chi connectivity index (χ1v) is 10.1. The van der Waals surface area contributed by atoms with Crippen LogP contribution in [0.5, 0.6) is 0 Å². The average molecular weight is 478 g/mol. The first-order valence-electron chi connectivity index (χ1n) is 9.30. The molecule has 0 aromatic heterocycles. The SMILES string of the molecule is CC(=O)Nc1ccc(NC(=O)C(C)OC(=O)CN2C(=O)c3cc(Cl)c(Cl)cc3C2=O)cc1. The van der Waals surface area contributed by atoms with E-state index in [4.69, 9.17) is 27.9 Å². The monoisotopic (exact) mass is 477 g/mol. The lowest BCUT2D eigenvalue weighted by Gasteiger charge is -2.17. The van der Waals surface area contributed by atoms with Gasteiger partial charge in [0.25, 0.3) is 17.7 Å². The molecule has 0 saturated carbocycles. The van der Waals surface area contributed by atoms with Gasteiger partial charge in [0.05, 0.1) is 21.2 Å². The summed E-state index contributed by atoms with van der Waals surface area (Å²) in [5.41, 5.74) is 1.04. The lowest BCUT2D eigenvalue weighted by atomic mass is 10.1. The Labute approximate surface area is 192 Å². The van der Waals surface area contributed by atoms with Crippen molar-refractivity contribution in [3.63, 3.8) is 0 Å². The first-order chi connectivity index (χ1) is 15.1. The Morgan fingerprint density at radius 3 is 1.88 bits per heavy atom. The fraction of sp³-hybridized carbons (Fsp3) is 0.190. The Kier molecular flexibility index (Phi) is 6.81. The molecule has 0 spiro atoms. The third-order valence-electron chi connectivity index (χ3n) is 4.45. The van der Waals surface area contributed by atoms with Gasteiger partial charge in [0, 0.05) is 18.3 Å². The number of hydrogen-bond donors (Lipinski definition) is 2. The van der Waals surface area contributed by atoms with Crippen molar-refractivity contribution < 1.29 is 28.7 Å². The van der Waals surface area contributed by atoms with Gasteiger partial charge in [-0.2, -0.15) is 0 Å². The highest BCUT2D eigenvalue weighted by Gasteiger charge is 2.38. The fourth-order valence-corrected chi connectivity index (χ4v) is 3.26. The van der Waals surface area contributed by atoms with E-state index < -0.39 is 36.3 Å². The molecule has 2 aromatic rings. The van der Waals surface area contributed by atoms with Crippen molar-refractivity contribution in [1.29, 1.82) is 0 Å². The second-order valence-corrected chi connectivity index (χ2v) is 7.70. The number of carbonyl (C=O) groups is 5. The molecule has 0 radical (unpaired) electrons. The van der Waals surface area contributed by atoms with Crippen LogP contribution in [0.3, 0.4) is 0 Å². The number of fused-ring (bicyclic) bond motifs is 1. The molecule has 11 heteroatoms. The van der Waals surface area contributed by atoms with Crippen molar-refractivity contribution in [2.24, 2.45) is 0 Å². The van der Waals surface area contributed by atoms with Gasteiger partial charge in [-0.3, -0.25) is 28.9 Å². The Morgan fingerprint density at radius 1 is 0.938 bits per heavy atom. The van der Waals surface area contributed by atoms with E-state index in [0.29, 0.717) is 16.3 Å². The number of carbonyl (C=O) groups excluding carboxylic acids is 5. The van der Waals surface area contributed by atoms with Crippen molar-refractivity contribution in [3.05, 3.63) is 57.6 Å². The van der Waals surface area contributed by atoms with E-state index in [-0.39, 0.29) is 27.1 Å². The zero-order valence-corrected chi connectivity index (χ0v) is 18.4. The molecule has 9 nitrogen and oxygen atoms in total. The molecule has 1 atom stereocenters. The minimum absolute atomic E-state index is 0.0331. The Hall–Kier alpha value is -3.43. The minimum atomic E-state index is -1.20. The predicted octanol–water partition coefficient (Wildman–Crippen LogP) is 3.12. The highest BCUT2D eigenvalue weighted by atomic mass is 35.5. The summed E-state index contributed by atoms with van der Waals surface area (Å²) in [5, 5.41) is 5.36. The van der Waals surface area contributed by atoms with E-state index in [2.05, 4.69) is 10.6 Å². The fourth-order valence-electron chi connectivity index (χ4n) is 2.93. The van der Waals surface area contributed by atoms with Gasteiger partial charge < -0.3 is 15.4 Å². The molecule has 166 valence electrons. The quantitative estimate of drug-likeness (QED) is 0.486. The largest absolute Gasteiger partial charge is 0.451 e. The summed E-state index contributed by atoms with van der Waals surface area (Å²) < 4.78 is 5.06.